The quantitative estimate of drug-likeness (QED) is 0.0630. The summed E-state index contributed by atoms with van der Waals surface area (Å²) in [5, 5.41) is 14.7. The van der Waals surface area contributed by atoms with Crippen molar-refractivity contribution in [1.29, 1.82) is 0 Å². The van der Waals surface area contributed by atoms with Gasteiger partial charge in [0.2, 0.25) is 0 Å². The molecule has 294 valence electrons. The number of benzene rings is 3. The second kappa shape index (κ2) is 20.7. The molecule has 1 aromatic heterocycles. The molecule has 55 heavy (non-hydrogen) atoms. The molecule has 0 bridgehead atoms. The van der Waals surface area contributed by atoms with Crippen LogP contribution in [-0.2, 0) is 33.4 Å². The van der Waals surface area contributed by atoms with E-state index in [1.54, 1.807) is 35.0 Å². The maximum atomic E-state index is 13.5. The van der Waals surface area contributed by atoms with Gasteiger partial charge in [-0.2, -0.15) is 18.3 Å². The van der Waals surface area contributed by atoms with Crippen LogP contribution in [0, 0.1) is 0 Å². The summed E-state index contributed by atoms with van der Waals surface area (Å²) in [4.78, 5) is 29.2. The molecule has 2 heterocycles. The highest BCUT2D eigenvalue weighted by molar-refractivity contribution is 6.31. The van der Waals surface area contributed by atoms with Crippen LogP contribution >= 0.6 is 11.6 Å². The van der Waals surface area contributed by atoms with Gasteiger partial charge in [0.25, 0.3) is 11.8 Å². The van der Waals surface area contributed by atoms with Gasteiger partial charge >= 0.3 is 6.18 Å². The Morgan fingerprint density at radius 1 is 0.909 bits per heavy atom. The third-order valence-corrected chi connectivity index (χ3v) is 8.85. The number of hydrazone groups is 1. The summed E-state index contributed by atoms with van der Waals surface area (Å²) in [6, 6.07) is 15.5. The second-order valence-electron chi connectivity index (χ2n) is 12.7. The van der Waals surface area contributed by atoms with Crippen LogP contribution in [0.5, 0.6) is 0 Å². The van der Waals surface area contributed by atoms with Gasteiger partial charge in [-0.05, 0) is 72.9 Å². The predicted molar refractivity (Wildman–Crippen MR) is 203 cm³/mol. The Kier molecular flexibility index (Phi) is 15.6. The molecular weight excluding hydrogens is 741 g/mol. The Balaban J connectivity index is 1.20. The molecule has 2 amide bonds. The predicted octanol–water partition coefficient (Wildman–Crippen LogP) is 5.56. The van der Waals surface area contributed by atoms with E-state index in [0.717, 1.165) is 67.6 Å². The lowest BCUT2D eigenvalue weighted by Crippen LogP contribution is -2.30. The number of carbonyl (C=O) groups excluding carboxylic acids is 2. The molecule has 1 saturated heterocycles. The molecular formula is C38H44ClF3N8O5. The monoisotopic (exact) mass is 784 g/mol. The first-order valence-electron chi connectivity index (χ1n) is 17.9. The molecule has 4 aromatic rings. The van der Waals surface area contributed by atoms with Crippen LogP contribution in [0.2, 0.25) is 5.02 Å². The Hall–Kier alpha value is -4.87. The number of alkyl halides is 3. The largest absolute Gasteiger partial charge is 0.417 e. The molecule has 13 nitrogen and oxygen atoms in total. The summed E-state index contributed by atoms with van der Waals surface area (Å²) < 4.78 is 58.0. The molecule has 0 spiro atoms. The number of aromatic nitrogens is 3. The lowest BCUT2D eigenvalue weighted by atomic mass is 10.1. The van der Waals surface area contributed by atoms with Gasteiger partial charge in [-0.1, -0.05) is 35.0 Å². The van der Waals surface area contributed by atoms with Gasteiger partial charge < -0.3 is 30.2 Å². The van der Waals surface area contributed by atoms with Crippen LogP contribution < -0.4 is 21.4 Å². The summed E-state index contributed by atoms with van der Waals surface area (Å²) in [6.45, 7) is 5.32. The SMILES string of the molecule is NCCOCCOCCOCCc1cn(Cc2cccc(C(=O)Nc3ccc(N4CCCCC4)cc3C(=O)NN=Cc3ccc(Cl)c(C(F)(F)F)c3)c2)nn1. The molecule has 0 radical (unpaired) electrons. The standard InChI is InChI=1S/C38H44ClF3N8O5/c39-34-9-7-27(22-33(34)38(40,41)42)24-44-47-37(52)32-23-31(49-13-2-1-3-14-49)8-10-35(32)45-36(51)29-6-4-5-28(21-29)25-50-26-30(46-48-50)11-15-53-17-19-55-20-18-54-16-12-43/h4-10,21-24,26H,1-3,11-20,25,43H2,(H,45,51)(H,47,52). The molecule has 4 N–H and O–H groups in total. The number of carbonyl (C=O) groups is 2. The molecule has 1 aliphatic heterocycles. The lowest BCUT2D eigenvalue weighted by Gasteiger charge is -2.29. The highest BCUT2D eigenvalue weighted by Gasteiger charge is 2.33. The van der Waals surface area contributed by atoms with Crippen molar-refractivity contribution in [1.82, 2.24) is 20.4 Å². The normalized spacial score (nSPS) is 13.4. The van der Waals surface area contributed by atoms with Crippen molar-refractivity contribution >= 4 is 41.0 Å². The highest BCUT2D eigenvalue weighted by Crippen LogP contribution is 2.35. The molecule has 0 atom stereocenters. The summed E-state index contributed by atoms with van der Waals surface area (Å²) in [5.41, 5.74) is 9.91. The van der Waals surface area contributed by atoms with Crippen LogP contribution in [0.1, 0.15) is 62.4 Å². The first-order valence-corrected chi connectivity index (χ1v) is 18.3. The maximum absolute atomic E-state index is 13.5. The fourth-order valence-electron chi connectivity index (χ4n) is 5.77. The minimum Gasteiger partial charge on any atom is -0.379 e. The Morgan fingerprint density at radius 2 is 1.65 bits per heavy atom. The van der Waals surface area contributed by atoms with E-state index in [-0.39, 0.29) is 16.8 Å². The van der Waals surface area contributed by atoms with E-state index in [4.69, 9.17) is 31.5 Å². The minimum atomic E-state index is -4.65. The van der Waals surface area contributed by atoms with Gasteiger partial charge in [0.05, 0.1) is 79.9 Å². The topological polar surface area (TPSA) is 158 Å². The van der Waals surface area contributed by atoms with Gasteiger partial charge in [0, 0.05) is 43.5 Å². The molecule has 0 unspecified atom stereocenters. The lowest BCUT2D eigenvalue weighted by molar-refractivity contribution is -0.137. The van der Waals surface area contributed by atoms with E-state index < -0.39 is 28.6 Å². The fraction of sp³-hybridized carbons (Fsp3) is 0.395. The van der Waals surface area contributed by atoms with E-state index in [2.05, 4.69) is 31.1 Å². The fourth-order valence-corrected chi connectivity index (χ4v) is 5.99. The molecule has 5 rings (SSSR count). The van der Waals surface area contributed by atoms with Gasteiger partial charge in [-0.15, -0.1) is 5.10 Å². The zero-order valence-corrected chi connectivity index (χ0v) is 31.0. The van der Waals surface area contributed by atoms with Crippen molar-refractivity contribution in [2.24, 2.45) is 10.8 Å². The number of halogens is 4. The zero-order chi connectivity index (χ0) is 39.0. The third-order valence-electron chi connectivity index (χ3n) is 8.52. The van der Waals surface area contributed by atoms with E-state index in [1.807, 2.05) is 18.3 Å². The minimum absolute atomic E-state index is 0.0852. The molecule has 1 aliphatic rings. The third kappa shape index (κ3) is 12.9. The molecule has 0 saturated carbocycles. The molecule has 1 fully saturated rings. The zero-order valence-electron chi connectivity index (χ0n) is 30.2. The van der Waals surface area contributed by atoms with E-state index in [0.29, 0.717) is 64.7 Å². The van der Waals surface area contributed by atoms with Crippen LogP contribution in [0.25, 0.3) is 0 Å². The Bertz CT molecular complexity index is 1900. The van der Waals surface area contributed by atoms with E-state index in [9.17, 15) is 22.8 Å². The first kappa shape index (κ1) is 41.3. The summed E-state index contributed by atoms with van der Waals surface area (Å²) in [7, 11) is 0. The summed E-state index contributed by atoms with van der Waals surface area (Å²) in [6.07, 6.45) is 1.96. The van der Waals surface area contributed by atoms with Crippen LogP contribution in [0.15, 0.2) is 72.0 Å². The van der Waals surface area contributed by atoms with Crippen molar-refractivity contribution in [3.05, 3.63) is 105 Å². The number of nitrogens with one attached hydrogen (secondary N) is 2. The van der Waals surface area contributed by atoms with E-state index >= 15 is 0 Å². The van der Waals surface area contributed by atoms with Gasteiger partial charge in [0.15, 0.2) is 0 Å². The smallest absolute Gasteiger partial charge is 0.379 e. The van der Waals surface area contributed by atoms with Crippen LogP contribution in [-0.4, -0.2) is 92.3 Å². The Morgan fingerprint density at radius 3 is 2.40 bits per heavy atom. The molecule has 17 heteroatoms. The van der Waals surface area contributed by atoms with Crippen molar-refractivity contribution in [3.63, 3.8) is 0 Å². The van der Waals surface area contributed by atoms with Crippen LogP contribution in [0.3, 0.4) is 0 Å². The Labute approximate surface area is 321 Å². The summed E-state index contributed by atoms with van der Waals surface area (Å²) in [5.74, 6) is -1.11. The second-order valence-corrected chi connectivity index (χ2v) is 13.1. The number of ether oxygens (including phenoxy) is 3. The number of nitrogens with two attached hydrogens (primary N) is 1. The number of rotatable bonds is 19. The number of piperidine rings is 1. The van der Waals surface area contributed by atoms with E-state index in [1.165, 1.54) is 6.07 Å². The maximum Gasteiger partial charge on any atom is 0.417 e. The average molecular weight is 785 g/mol. The van der Waals surface area contributed by atoms with Crippen molar-refractivity contribution in [2.75, 3.05) is 69.5 Å². The number of hydrogen-bond donors (Lipinski definition) is 3. The summed E-state index contributed by atoms with van der Waals surface area (Å²) >= 11 is 5.72. The first-order chi connectivity index (χ1) is 26.6. The van der Waals surface area contributed by atoms with Crippen LogP contribution in [0.4, 0.5) is 24.5 Å². The van der Waals surface area contributed by atoms with Crippen molar-refractivity contribution in [3.8, 4) is 0 Å². The number of hydrogen-bond acceptors (Lipinski definition) is 10. The highest BCUT2D eigenvalue weighted by atomic mass is 35.5. The van der Waals surface area contributed by atoms with Crippen molar-refractivity contribution in [2.45, 2.75) is 38.4 Å². The number of nitrogens with zero attached hydrogens (tertiary/aromatic N) is 5. The van der Waals surface area contributed by atoms with Gasteiger partial charge in [-0.3, -0.25) is 9.59 Å². The van der Waals surface area contributed by atoms with Gasteiger partial charge in [0.1, 0.15) is 0 Å². The molecule has 3 aromatic carbocycles. The van der Waals surface area contributed by atoms with Crippen molar-refractivity contribution < 1.29 is 37.0 Å². The average Bonchev–Trinajstić information content (AvgIpc) is 3.63. The van der Waals surface area contributed by atoms with Gasteiger partial charge in [-0.25, -0.2) is 10.1 Å². The number of amides is 2. The molecule has 0 aliphatic carbocycles. The number of anilines is 2.